The number of hydrogen-bond donors (Lipinski definition) is 3. The van der Waals surface area contributed by atoms with E-state index in [0.717, 1.165) is 63.0 Å². The monoisotopic (exact) mass is 1430 g/mol. The number of rotatable bonds is 11. The van der Waals surface area contributed by atoms with Crippen molar-refractivity contribution in [2.45, 2.75) is 211 Å². The van der Waals surface area contributed by atoms with Crippen LogP contribution in [0.5, 0.6) is 0 Å². The number of carbonyl (C=O) groups excluding carboxylic acids is 11. The summed E-state index contributed by atoms with van der Waals surface area (Å²) in [4.78, 5) is 170. The van der Waals surface area contributed by atoms with Gasteiger partial charge in [0.2, 0.25) is 65.0 Å². The average molecular weight is 1430 g/mol. The number of fused-ring (bicyclic) bond motifs is 2. The zero-order valence-electron chi connectivity index (χ0n) is 58.5. The van der Waals surface area contributed by atoms with E-state index in [1.165, 1.54) is 56.9 Å². The summed E-state index contributed by atoms with van der Waals surface area (Å²) in [5.41, 5.74) is -3.86. The molecule has 0 unspecified atom stereocenters. The minimum Gasteiger partial charge on any atom is -0.343 e. The maximum Gasteiger partial charge on any atom is 0.417 e. The van der Waals surface area contributed by atoms with Crippen molar-refractivity contribution in [3.05, 3.63) is 69.7 Å². The zero-order chi connectivity index (χ0) is 74.5. The van der Waals surface area contributed by atoms with Gasteiger partial charge in [0.15, 0.2) is 0 Å². The van der Waals surface area contributed by atoms with E-state index < -0.39 is 204 Å². The molecule has 22 nitrogen and oxygen atoms in total. The highest BCUT2D eigenvalue weighted by atomic mass is 35.5. The Bertz CT molecular complexity index is 3340. The molecule has 1 aliphatic carbocycles. The highest BCUT2D eigenvalue weighted by Gasteiger charge is 2.56. The molecule has 3 N–H and O–H groups in total. The number of carbonyl (C=O) groups is 11. The minimum atomic E-state index is -4.88. The van der Waals surface area contributed by atoms with E-state index in [4.69, 9.17) is 11.6 Å². The van der Waals surface area contributed by atoms with Crippen LogP contribution in [0.25, 0.3) is 0 Å². The predicted molar refractivity (Wildman–Crippen MR) is 348 cm³/mol. The molecule has 99 heavy (non-hydrogen) atoms. The van der Waals surface area contributed by atoms with Crippen LogP contribution < -0.4 is 16.0 Å². The number of nitrogens with one attached hydrogen (secondary N) is 3. The molecular formula is C68H94ClF8N11O11. The van der Waals surface area contributed by atoms with Crippen LogP contribution in [0.1, 0.15) is 142 Å². The minimum absolute atomic E-state index is 0.0133. The maximum atomic E-state index is 15.9. The fourth-order valence-corrected chi connectivity index (χ4v) is 13.3. The van der Waals surface area contributed by atoms with Gasteiger partial charge >= 0.3 is 12.4 Å². The first kappa shape index (κ1) is 80.3. The second-order valence-corrected chi connectivity index (χ2v) is 28.1. The van der Waals surface area contributed by atoms with Crippen LogP contribution in [0.4, 0.5) is 35.1 Å². The number of nitrogens with zero attached hydrogens (tertiary/aromatic N) is 8. The zero-order valence-corrected chi connectivity index (χ0v) is 59.3. The molecule has 4 fully saturated rings. The first-order chi connectivity index (χ1) is 45.9. The van der Waals surface area contributed by atoms with Gasteiger partial charge in [0.1, 0.15) is 53.9 Å². The molecule has 1 saturated carbocycles. The van der Waals surface area contributed by atoms with Crippen molar-refractivity contribution in [1.29, 1.82) is 0 Å². The van der Waals surface area contributed by atoms with E-state index in [0.29, 0.717) is 30.2 Å². The molecule has 3 heterocycles. The third kappa shape index (κ3) is 18.7. The Hall–Kier alpha value is -7.66. The Labute approximate surface area is 577 Å². The molecule has 1 spiro atoms. The molecule has 31 heteroatoms. The quantitative estimate of drug-likeness (QED) is 0.203. The van der Waals surface area contributed by atoms with Gasteiger partial charge < -0.3 is 55.1 Å². The number of alkyl halides is 8. The Kier molecular flexibility index (Phi) is 26.2. The molecule has 6 rings (SSSR count). The van der Waals surface area contributed by atoms with Gasteiger partial charge in [-0.3, -0.25) is 52.7 Å². The molecule has 550 valence electrons. The number of halogens is 9. The summed E-state index contributed by atoms with van der Waals surface area (Å²) in [5.74, 6) is -14.6. The molecule has 0 bridgehead atoms. The van der Waals surface area contributed by atoms with Gasteiger partial charge in [-0.2, -0.15) is 26.3 Å². The Morgan fingerprint density at radius 2 is 1.24 bits per heavy atom. The maximum absolute atomic E-state index is 15.9. The SMILES string of the molecule is CC[C@H](C)[C@@H]1NC(=O)[C@H](CC(C)C)N(C)C(=O)C[C@@H](C)N(C)C(=O)[C@H]([C@@H](C)CC)N(C)C(=O)C2(CCC2)NC(=O)[C@@H]2CC(F)(F)CN2C(=O)[C@H](CCc2ccc(C(F)(F)F)c(Cl)c2)NC(=O)CN(C)C(=O)[C@H](Cc2ccc(C(F)(F)F)cc2)N(C)C(=O)[C@@H]2CCN2C(=O)[C@H](C)N(C)C1=O. The lowest BCUT2D eigenvalue weighted by atomic mass is 9.74. The number of hydrogen-bond acceptors (Lipinski definition) is 11. The number of likely N-dealkylation sites (N-methyl/N-ethyl adjacent to an activating group) is 6. The van der Waals surface area contributed by atoms with Crippen molar-refractivity contribution in [3.63, 3.8) is 0 Å². The van der Waals surface area contributed by atoms with Crippen LogP contribution >= 0.6 is 11.6 Å². The number of aryl methyl sites for hydroxylation is 1. The Balaban J connectivity index is 1.44. The van der Waals surface area contributed by atoms with E-state index in [1.54, 1.807) is 34.6 Å². The van der Waals surface area contributed by atoms with Crippen molar-refractivity contribution in [2.24, 2.45) is 17.8 Å². The molecule has 11 atom stereocenters. The summed E-state index contributed by atoms with van der Waals surface area (Å²) in [6.45, 7) is 11.3. The van der Waals surface area contributed by atoms with Gasteiger partial charge in [-0.15, -0.1) is 0 Å². The van der Waals surface area contributed by atoms with Crippen LogP contribution in [0.15, 0.2) is 42.5 Å². The fraction of sp³-hybridized carbons (Fsp3) is 0.662. The number of benzene rings is 2. The fourth-order valence-electron chi connectivity index (χ4n) is 13.0. The van der Waals surface area contributed by atoms with Crippen LogP contribution in [0.2, 0.25) is 5.02 Å². The Morgan fingerprint density at radius 3 is 1.77 bits per heavy atom. The second kappa shape index (κ2) is 32.3. The normalized spacial score (nSPS) is 26.8. The molecule has 3 aliphatic heterocycles. The van der Waals surface area contributed by atoms with E-state index in [-0.39, 0.29) is 62.1 Å². The van der Waals surface area contributed by atoms with E-state index in [9.17, 15) is 74.3 Å². The molecular weight excluding hydrogens is 1330 g/mol. The lowest BCUT2D eigenvalue weighted by molar-refractivity contribution is -0.160. The molecule has 0 aromatic heterocycles. The van der Waals surface area contributed by atoms with Crippen molar-refractivity contribution >= 4 is 76.6 Å². The van der Waals surface area contributed by atoms with Crippen LogP contribution in [-0.2, 0) is 77.9 Å². The largest absolute Gasteiger partial charge is 0.417 e. The highest BCUT2D eigenvalue weighted by molar-refractivity contribution is 6.31. The smallest absolute Gasteiger partial charge is 0.343 e. The van der Waals surface area contributed by atoms with Crippen LogP contribution in [0.3, 0.4) is 0 Å². The lowest BCUT2D eigenvalue weighted by Crippen LogP contribution is -2.68. The standard InChI is InChI=1S/C68H94ClF8N11O11/c1-15-38(5)54-62(97)83(11)41(8)58(93)87-29-26-48(87)61(96)85(13)50(33-43-18-22-44(23-19-43)67(72,73)74)60(95)81(9)35-52(89)78-47(25-21-42-20-24-45(46(69)32-42)68(75,76)77)59(94)88-36-66(70,71)34-51(88)57(92)80-65(27-17-28-65)64(99)86(14)55(39(6)16-2)63(98)82(10)40(7)31-53(90)84(12)49(30-37(3)4)56(91)79-54/h18-20,22-24,32,37-41,47-51,54-55H,15-17,21,25-31,33-36H2,1-14H3,(H,78,89)(H,79,91)(H,80,92)/t38-,39-,40+,41-,47-,48-,49-,50-,51-,54-,55-/m0/s1. The van der Waals surface area contributed by atoms with Gasteiger partial charge in [0, 0.05) is 74.1 Å². The van der Waals surface area contributed by atoms with Gasteiger partial charge in [0.25, 0.3) is 5.92 Å². The summed E-state index contributed by atoms with van der Waals surface area (Å²) in [5, 5.41) is 7.19. The van der Waals surface area contributed by atoms with Gasteiger partial charge in [0.05, 0.1) is 29.2 Å². The van der Waals surface area contributed by atoms with Crippen LogP contribution in [-0.4, -0.2) is 232 Å². The summed E-state index contributed by atoms with van der Waals surface area (Å²) in [7, 11) is 7.85. The highest BCUT2D eigenvalue weighted by Crippen LogP contribution is 2.40. The molecule has 0 radical (unpaired) electrons. The van der Waals surface area contributed by atoms with E-state index >= 15 is 13.6 Å². The molecule has 2 aromatic rings. The van der Waals surface area contributed by atoms with E-state index in [1.807, 2.05) is 13.8 Å². The first-order valence-electron chi connectivity index (χ1n) is 33.4. The lowest BCUT2D eigenvalue weighted by Gasteiger charge is -2.46. The summed E-state index contributed by atoms with van der Waals surface area (Å²) in [6, 6.07) is -6.35. The summed E-state index contributed by atoms with van der Waals surface area (Å²) < 4.78 is 115. The second-order valence-electron chi connectivity index (χ2n) is 27.7. The van der Waals surface area contributed by atoms with Gasteiger partial charge in [-0.1, -0.05) is 84.2 Å². The molecule has 2 aromatic carbocycles. The topological polar surface area (TPSA) is 250 Å². The molecule has 3 saturated heterocycles. The first-order valence-corrected chi connectivity index (χ1v) is 33.8. The van der Waals surface area contributed by atoms with Gasteiger partial charge in [-0.05, 0) is 112 Å². The molecule has 4 aliphatic rings. The average Bonchev–Trinajstić information content (AvgIpc) is 1.64. The summed E-state index contributed by atoms with van der Waals surface area (Å²) in [6.07, 6.45) is -11.5. The van der Waals surface area contributed by atoms with Crippen molar-refractivity contribution in [3.8, 4) is 0 Å². The Morgan fingerprint density at radius 1 is 0.636 bits per heavy atom. The van der Waals surface area contributed by atoms with Crippen molar-refractivity contribution < 1.29 is 87.9 Å². The molecule has 11 amide bonds. The predicted octanol–water partition coefficient (Wildman–Crippen LogP) is 6.57. The number of amides is 11. The van der Waals surface area contributed by atoms with E-state index in [2.05, 4.69) is 16.0 Å². The van der Waals surface area contributed by atoms with Gasteiger partial charge in [-0.25, -0.2) is 8.78 Å². The van der Waals surface area contributed by atoms with Crippen molar-refractivity contribution in [2.75, 3.05) is 61.9 Å². The van der Waals surface area contributed by atoms with Crippen molar-refractivity contribution in [1.82, 2.24) is 55.1 Å². The summed E-state index contributed by atoms with van der Waals surface area (Å²) >= 11 is 6.05. The van der Waals surface area contributed by atoms with Crippen LogP contribution in [0, 0.1) is 17.8 Å². The third-order valence-corrected chi connectivity index (χ3v) is 20.6. The third-order valence-electron chi connectivity index (χ3n) is 20.3.